The smallest absolute Gasteiger partial charge is 0.408 e. The van der Waals surface area contributed by atoms with E-state index in [1.54, 1.807) is 0 Å². The second-order valence-electron chi connectivity index (χ2n) is 9.29. The number of benzene rings is 2. The largest absolute Gasteiger partial charge is 0.421 e. The highest BCUT2D eigenvalue weighted by Crippen LogP contribution is 2.36. The Morgan fingerprint density at radius 3 is 2.65 bits per heavy atom. The lowest BCUT2D eigenvalue weighted by Crippen LogP contribution is -2.26. The molecule has 3 aromatic rings. The average molecular weight is 503 g/mol. The highest BCUT2D eigenvalue weighted by Gasteiger charge is 2.33. The van der Waals surface area contributed by atoms with Crippen molar-refractivity contribution in [2.45, 2.75) is 51.9 Å². The van der Waals surface area contributed by atoms with Gasteiger partial charge in [-0.1, -0.05) is 41.6 Å². The summed E-state index contributed by atoms with van der Waals surface area (Å²) in [5.41, 5.74) is 3.89. The molecule has 2 heterocycles. The fourth-order valence-electron chi connectivity index (χ4n) is 3.84. The van der Waals surface area contributed by atoms with Crippen molar-refractivity contribution in [1.82, 2.24) is 9.47 Å². The Morgan fingerprint density at radius 1 is 1.13 bits per heavy atom. The van der Waals surface area contributed by atoms with Gasteiger partial charge >= 0.3 is 5.76 Å². The van der Waals surface area contributed by atoms with E-state index in [4.69, 9.17) is 9.15 Å². The lowest BCUT2D eigenvalue weighted by atomic mass is 10.1. The minimum absolute atomic E-state index is 0.0184. The average Bonchev–Trinajstić information content (AvgIpc) is 3.12. The van der Waals surface area contributed by atoms with Gasteiger partial charge in [-0.3, -0.25) is 4.79 Å². The van der Waals surface area contributed by atoms with E-state index < -0.39 is 13.8 Å². The predicted molar refractivity (Wildman–Crippen MR) is 127 cm³/mol. The Bertz CT molecular complexity index is 1190. The Balaban J connectivity index is 1.50. The number of hydrogen-bond donors (Lipinski definition) is 0. The van der Waals surface area contributed by atoms with Crippen LogP contribution in [0.15, 0.2) is 50.1 Å². The first-order chi connectivity index (χ1) is 14.6. The number of carbonyl (C=O) groups is 1. The van der Waals surface area contributed by atoms with Crippen molar-refractivity contribution in [3.8, 4) is 0 Å². The monoisotopic (exact) mass is 502 g/mol. The second-order valence-corrected chi connectivity index (χ2v) is 15.8. The molecular formula is C23H27BrN2O4Si. The number of hydrogen-bond acceptors (Lipinski definition) is 4. The van der Waals surface area contributed by atoms with Crippen LogP contribution in [0.4, 0.5) is 0 Å². The van der Waals surface area contributed by atoms with Crippen LogP contribution in [-0.4, -0.2) is 30.1 Å². The molecule has 0 saturated carbocycles. The number of halogens is 1. The summed E-state index contributed by atoms with van der Waals surface area (Å²) in [7, 11) is -1.18. The zero-order valence-electron chi connectivity index (χ0n) is 18.3. The van der Waals surface area contributed by atoms with E-state index in [9.17, 15) is 9.59 Å². The van der Waals surface area contributed by atoms with Gasteiger partial charge in [-0.05, 0) is 54.4 Å². The Kier molecular flexibility index (Phi) is 5.98. The molecule has 2 aromatic carbocycles. The van der Waals surface area contributed by atoms with E-state index in [1.807, 2.05) is 48.2 Å². The van der Waals surface area contributed by atoms with E-state index in [0.29, 0.717) is 24.3 Å². The molecule has 0 spiro atoms. The number of amides is 1. The molecule has 0 fully saturated rings. The third kappa shape index (κ3) is 4.56. The summed E-state index contributed by atoms with van der Waals surface area (Å²) in [5, 5.41) is 0. The summed E-state index contributed by atoms with van der Waals surface area (Å²) in [6.07, 6.45) is 0. The fraction of sp³-hybridized carbons (Fsp3) is 0.391. The molecule has 1 aliphatic rings. The quantitative estimate of drug-likeness (QED) is 0.321. The molecule has 0 saturated heterocycles. The number of nitrogens with zero attached hydrogens (tertiary/aromatic N) is 2. The van der Waals surface area contributed by atoms with Crippen LogP contribution in [0.3, 0.4) is 0 Å². The normalized spacial score (nSPS) is 16.4. The first kappa shape index (κ1) is 22.0. The van der Waals surface area contributed by atoms with Gasteiger partial charge in [-0.2, -0.15) is 0 Å². The third-order valence-corrected chi connectivity index (χ3v) is 7.92. The standard InChI is InChI=1S/C23H27BrN2O4Si/c1-15-19-12-17(24)6-7-18(19)22(27)25(15)13-16-5-8-20-21(11-16)30-23(28)26(20)14-29-9-10-31(2,3)4/h5-8,11-12,15H,9-10,13-14H2,1-4H3/t15-/m1/s1. The second kappa shape index (κ2) is 8.41. The van der Waals surface area contributed by atoms with Crippen LogP contribution in [0.5, 0.6) is 0 Å². The summed E-state index contributed by atoms with van der Waals surface area (Å²) in [4.78, 5) is 27.0. The fourth-order valence-corrected chi connectivity index (χ4v) is 4.98. The van der Waals surface area contributed by atoms with Crippen molar-refractivity contribution < 1.29 is 13.9 Å². The summed E-state index contributed by atoms with van der Waals surface area (Å²) < 4.78 is 13.7. The molecule has 164 valence electrons. The molecule has 6 nitrogen and oxygen atoms in total. The molecule has 0 unspecified atom stereocenters. The van der Waals surface area contributed by atoms with Crippen molar-refractivity contribution in [2.75, 3.05) is 6.61 Å². The Morgan fingerprint density at radius 2 is 1.90 bits per heavy atom. The highest BCUT2D eigenvalue weighted by molar-refractivity contribution is 9.10. The van der Waals surface area contributed by atoms with Gasteiger partial charge in [0.05, 0.1) is 11.6 Å². The minimum Gasteiger partial charge on any atom is -0.408 e. The first-order valence-electron chi connectivity index (χ1n) is 10.4. The van der Waals surface area contributed by atoms with Gasteiger partial charge in [0.2, 0.25) is 0 Å². The zero-order valence-corrected chi connectivity index (χ0v) is 20.9. The zero-order chi connectivity index (χ0) is 22.3. The maximum Gasteiger partial charge on any atom is 0.421 e. The molecule has 1 aliphatic heterocycles. The first-order valence-corrected chi connectivity index (χ1v) is 14.9. The van der Waals surface area contributed by atoms with E-state index in [1.165, 1.54) is 4.57 Å². The molecule has 1 amide bonds. The van der Waals surface area contributed by atoms with Gasteiger partial charge in [-0.15, -0.1) is 0 Å². The van der Waals surface area contributed by atoms with Crippen molar-refractivity contribution in [3.05, 3.63) is 68.1 Å². The summed E-state index contributed by atoms with van der Waals surface area (Å²) in [6.45, 7) is 10.2. The van der Waals surface area contributed by atoms with E-state index >= 15 is 0 Å². The van der Waals surface area contributed by atoms with Crippen molar-refractivity contribution in [3.63, 3.8) is 0 Å². The Hall–Kier alpha value is -2.16. The minimum atomic E-state index is -1.18. The molecule has 8 heteroatoms. The van der Waals surface area contributed by atoms with Gasteiger partial charge < -0.3 is 14.1 Å². The van der Waals surface area contributed by atoms with Gasteiger partial charge in [0.1, 0.15) is 6.73 Å². The topological polar surface area (TPSA) is 64.7 Å². The number of carbonyl (C=O) groups excluding carboxylic acids is 1. The number of ether oxygens (including phenoxy) is 1. The molecule has 0 bridgehead atoms. The van der Waals surface area contributed by atoms with Gasteiger partial charge in [0, 0.05) is 31.3 Å². The van der Waals surface area contributed by atoms with Crippen LogP contribution in [0.1, 0.15) is 34.5 Å². The highest BCUT2D eigenvalue weighted by atomic mass is 79.9. The molecule has 0 N–H and O–H groups in total. The summed E-state index contributed by atoms with van der Waals surface area (Å²) >= 11 is 3.48. The van der Waals surface area contributed by atoms with Crippen LogP contribution < -0.4 is 5.76 Å². The van der Waals surface area contributed by atoms with Crippen LogP contribution in [0, 0.1) is 0 Å². The SMILES string of the molecule is C[C@@H]1c2cc(Br)ccc2C(=O)N1Cc1ccc2c(c1)oc(=O)n2COCC[Si](C)(C)C. The van der Waals surface area contributed by atoms with Crippen molar-refractivity contribution >= 4 is 41.0 Å². The van der Waals surface area contributed by atoms with Crippen LogP contribution in [0.2, 0.25) is 25.7 Å². The molecule has 1 aromatic heterocycles. The number of rotatable bonds is 7. The van der Waals surface area contributed by atoms with Crippen LogP contribution in [-0.2, 0) is 18.0 Å². The van der Waals surface area contributed by atoms with Crippen molar-refractivity contribution in [2.24, 2.45) is 0 Å². The maximum atomic E-state index is 12.9. The number of fused-ring (bicyclic) bond motifs is 2. The number of oxazole rings is 1. The van der Waals surface area contributed by atoms with Gasteiger partial charge in [0.15, 0.2) is 5.58 Å². The molecule has 4 rings (SSSR count). The molecule has 31 heavy (non-hydrogen) atoms. The summed E-state index contributed by atoms with van der Waals surface area (Å²) in [5.74, 6) is -0.409. The molecule has 1 atom stereocenters. The summed E-state index contributed by atoms with van der Waals surface area (Å²) in [6, 6.07) is 12.4. The lowest BCUT2D eigenvalue weighted by molar-refractivity contribution is 0.0723. The van der Waals surface area contributed by atoms with E-state index in [2.05, 4.69) is 35.6 Å². The molecule has 0 radical (unpaired) electrons. The maximum absolute atomic E-state index is 12.9. The third-order valence-electron chi connectivity index (χ3n) is 5.72. The Labute approximate surface area is 190 Å². The molecular weight excluding hydrogens is 476 g/mol. The predicted octanol–water partition coefficient (Wildman–Crippen LogP) is 5.39. The van der Waals surface area contributed by atoms with Crippen molar-refractivity contribution in [1.29, 1.82) is 0 Å². The van der Waals surface area contributed by atoms with E-state index in [-0.39, 0.29) is 18.7 Å². The molecule has 0 aliphatic carbocycles. The lowest BCUT2D eigenvalue weighted by Gasteiger charge is -2.22. The van der Waals surface area contributed by atoms with Crippen LogP contribution >= 0.6 is 15.9 Å². The van der Waals surface area contributed by atoms with E-state index in [0.717, 1.165) is 27.2 Å². The number of aromatic nitrogens is 1. The van der Waals surface area contributed by atoms with Crippen LogP contribution in [0.25, 0.3) is 11.1 Å². The van der Waals surface area contributed by atoms with Gasteiger partial charge in [-0.25, -0.2) is 9.36 Å². The van der Waals surface area contributed by atoms with Gasteiger partial charge in [0.25, 0.3) is 5.91 Å².